The number of ether oxygens (including phenoxy) is 3. The summed E-state index contributed by atoms with van der Waals surface area (Å²) in [4.78, 5) is 0. The fourth-order valence-electron chi connectivity index (χ4n) is 2.11. The van der Waals surface area contributed by atoms with Gasteiger partial charge in [-0.3, -0.25) is 0 Å². The van der Waals surface area contributed by atoms with Crippen molar-refractivity contribution in [3.05, 3.63) is 57.5 Å². The van der Waals surface area contributed by atoms with Gasteiger partial charge in [-0.05, 0) is 94.2 Å². The molecule has 0 heterocycles. The van der Waals surface area contributed by atoms with Crippen LogP contribution in [0.1, 0.15) is 19.4 Å². The van der Waals surface area contributed by atoms with Gasteiger partial charge in [-0.1, -0.05) is 0 Å². The third-order valence-electron chi connectivity index (χ3n) is 3.16. The van der Waals surface area contributed by atoms with Crippen LogP contribution < -0.4 is 14.2 Å². The maximum atomic E-state index is 13.3. The third kappa shape index (κ3) is 7.10. The van der Waals surface area contributed by atoms with Crippen LogP contribution in [0.15, 0.2) is 51.9 Å². The van der Waals surface area contributed by atoms with Crippen molar-refractivity contribution in [2.45, 2.75) is 26.1 Å². The second-order valence-corrected chi connectivity index (χ2v) is 8.47. The Bertz CT molecular complexity index is 784. The highest BCUT2D eigenvalue weighted by atomic mass is 79.9. The first kappa shape index (κ1) is 21.6. The van der Waals surface area contributed by atoms with Gasteiger partial charge in [0.1, 0.15) is 35.2 Å². The molecule has 0 aliphatic carbocycles. The minimum Gasteiger partial charge on any atom is -0.491 e. The normalized spacial score (nSPS) is 11.3. The second kappa shape index (κ2) is 9.50. The summed E-state index contributed by atoms with van der Waals surface area (Å²) in [5.41, 5.74) is -0.904. The van der Waals surface area contributed by atoms with Crippen molar-refractivity contribution in [1.82, 2.24) is 0 Å². The molecule has 0 amide bonds. The van der Waals surface area contributed by atoms with E-state index in [1.165, 1.54) is 12.1 Å². The molecule has 27 heavy (non-hydrogen) atoms. The van der Waals surface area contributed by atoms with E-state index in [9.17, 15) is 13.2 Å². The van der Waals surface area contributed by atoms with Gasteiger partial charge in [-0.2, -0.15) is 13.2 Å². The number of halogens is 5. The number of hydrogen-bond acceptors (Lipinski definition) is 3. The molecule has 2 rings (SSSR count). The quantitative estimate of drug-likeness (QED) is 0.392. The SMILES string of the molecule is CC(C)Oc1ccc(Oc2ccc(OCC=C(Br)Br)c(C(F)(F)F)c2)cc1. The van der Waals surface area contributed by atoms with Gasteiger partial charge >= 0.3 is 6.18 Å². The molecule has 0 bridgehead atoms. The minimum atomic E-state index is -4.57. The summed E-state index contributed by atoms with van der Waals surface area (Å²) in [5.74, 6) is 0.847. The zero-order chi connectivity index (χ0) is 20.0. The summed E-state index contributed by atoms with van der Waals surface area (Å²) in [7, 11) is 0. The third-order valence-corrected chi connectivity index (χ3v) is 3.81. The number of benzene rings is 2. The number of hydrogen-bond donors (Lipinski definition) is 0. The Morgan fingerprint density at radius 3 is 2.15 bits per heavy atom. The van der Waals surface area contributed by atoms with Crippen molar-refractivity contribution < 1.29 is 27.4 Å². The molecule has 0 N–H and O–H groups in total. The van der Waals surface area contributed by atoms with Crippen LogP contribution in [0.3, 0.4) is 0 Å². The summed E-state index contributed by atoms with van der Waals surface area (Å²) >= 11 is 6.24. The molecule has 0 aromatic heterocycles. The zero-order valence-electron chi connectivity index (χ0n) is 14.5. The fourth-order valence-corrected chi connectivity index (χ4v) is 2.37. The van der Waals surface area contributed by atoms with Crippen LogP contribution in [0.25, 0.3) is 0 Å². The minimum absolute atomic E-state index is 0.0214. The van der Waals surface area contributed by atoms with E-state index in [-0.39, 0.29) is 24.2 Å². The first-order valence-electron chi connectivity index (χ1n) is 7.95. The van der Waals surface area contributed by atoms with E-state index in [0.29, 0.717) is 14.9 Å². The Balaban J connectivity index is 2.19. The molecule has 0 spiro atoms. The van der Waals surface area contributed by atoms with Crippen LogP contribution in [-0.4, -0.2) is 12.7 Å². The molecule has 0 fully saturated rings. The van der Waals surface area contributed by atoms with Crippen LogP contribution in [0.2, 0.25) is 0 Å². The Morgan fingerprint density at radius 1 is 1.00 bits per heavy atom. The first-order valence-corrected chi connectivity index (χ1v) is 9.53. The Labute approximate surface area is 172 Å². The zero-order valence-corrected chi connectivity index (χ0v) is 17.7. The lowest BCUT2D eigenvalue weighted by Crippen LogP contribution is -2.09. The van der Waals surface area contributed by atoms with Crippen molar-refractivity contribution in [1.29, 1.82) is 0 Å². The molecular formula is C19H17Br2F3O3. The molecule has 0 aliphatic rings. The Morgan fingerprint density at radius 2 is 1.59 bits per heavy atom. The van der Waals surface area contributed by atoms with E-state index in [0.717, 1.165) is 6.07 Å². The maximum Gasteiger partial charge on any atom is 0.420 e. The van der Waals surface area contributed by atoms with Crippen LogP contribution in [0.4, 0.5) is 13.2 Å². The molecule has 8 heteroatoms. The molecule has 0 saturated heterocycles. The van der Waals surface area contributed by atoms with Gasteiger partial charge in [0, 0.05) is 0 Å². The molecule has 0 saturated carbocycles. The van der Waals surface area contributed by atoms with Gasteiger partial charge < -0.3 is 14.2 Å². The highest BCUT2D eigenvalue weighted by molar-refractivity contribution is 9.28. The lowest BCUT2D eigenvalue weighted by Gasteiger charge is -2.15. The standard InChI is InChI=1S/C19H17Br2F3O3/c1-12(2)26-13-3-5-14(6-4-13)27-15-7-8-17(25-10-9-18(20)21)16(11-15)19(22,23)24/h3-9,11-12H,10H2,1-2H3. The van der Waals surface area contributed by atoms with Crippen molar-refractivity contribution in [2.24, 2.45) is 0 Å². The lowest BCUT2D eigenvalue weighted by molar-refractivity contribution is -0.138. The fraction of sp³-hybridized carbons (Fsp3) is 0.263. The summed E-state index contributed by atoms with van der Waals surface area (Å²) in [6.45, 7) is 3.78. The summed E-state index contributed by atoms with van der Waals surface area (Å²) in [6.07, 6.45) is -3.00. The van der Waals surface area contributed by atoms with E-state index >= 15 is 0 Å². The largest absolute Gasteiger partial charge is 0.491 e. The number of rotatable bonds is 7. The van der Waals surface area contributed by atoms with Crippen LogP contribution in [0, 0.1) is 0 Å². The predicted octanol–water partition coefficient (Wildman–Crippen LogP) is 7.29. The maximum absolute atomic E-state index is 13.3. The molecule has 0 radical (unpaired) electrons. The molecule has 146 valence electrons. The van der Waals surface area contributed by atoms with Crippen molar-refractivity contribution >= 4 is 31.9 Å². The van der Waals surface area contributed by atoms with Gasteiger partial charge in [0.15, 0.2) is 0 Å². The van der Waals surface area contributed by atoms with E-state index < -0.39 is 11.7 Å². The van der Waals surface area contributed by atoms with Crippen LogP contribution in [0.5, 0.6) is 23.0 Å². The summed E-state index contributed by atoms with van der Waals surface area (Å²) in [5, 5.41) is 0. The smallest absolute Gasteiger partial charge is 0.420 e. The predicted molar refractivity (Wildman–Crippen MR) is 105 cm³/mol. The van der Waals surface area contributed by atoms with Gasteiger partial charge in [0.2, 0.25) is 0 Å². The number of alkyl halides is 3. The average molecular weight is 510 g/mol. The molecule has 2 aromatic rings. The van der Waals surface area contributed by atoms with E-state index in [1.807, 2.05) is 13.8 Å². The summed E-state index contributed by atoms with van der Waals surface area (Å²) < 4.78 is 56.9. The topological polar surface area (TPSA) is 27.7 Å². The Kier molecular flexibility index (Phi) is 7.61. The molecule has 2 aromatic carbocycles. The van der Waals surface area contributed by atoms with E-state index in [2.05, 4.69) is 31.9 Å². The van der Waals surface area contributed by atoms with E-state index in [1.54, 1.807) is 30.3 Å². The van der Waals surface area contributed by atoms with Crippen LogP contribution in [-0.2, 0) is 6.18 Å². The first-order chi connectivity index (χ1) is 12.6. The highest BCUT2D eigenvalue weighted by Gasteiger charge is 2.35. The van der Waals surface area contributed by atoms with Crippen molar-refractivity contribution in [3.8, 4) is 23.0 Å². The molecule has 0 aliphatic heterocycles. The van der Waals surface area contributed by atoms with Gasteiger partial charge in [0.05, 0.1) is 9.50 Å². The van der Waals surface area contributed by atoms with Gasteiger partial charge in [0.25, 0.3) is 0 Å². The molecule has 0 atom stereocenters. The van der Waals surface area contributed by atoms with Gasteiger partial charge in [-0.25, -0.2) is 0 Å². The average Bonchev–Trinajstić information content (AvgIpc) is 2.56. The van der Waals surface area contributed by atoms with Crippen molar-refractivity contribution in [3.63, 3.8) is 0 Å². The van der Waals surface area contributed by atoms with E-state index in [4.69, 9.17) is 14.2 Å². The summed E-state index contributed by atoms with van der Waals surface area (Å²) in [6, 6.07) is 10.2. The molecule has 3 nitrogen and oxygen atoms in total. The lowest BCUT2D eigenvalue weighted by atomic mass is 10.2. The highest BCUT2D eigenvalue weighted by Crippen LogP contribution is 2.39. The van der Waals surface area contributed by atoms with Crippen molar-refractivity contribution in [2.75, 3.05) is 6.61 Å². The molecule has 0 unspecified atom stereocenters. The second-order valence-electron chi connectivity index (χ2n) is 5.70. The van der Waals surface area contributed by atoms with Gasteiger partial charge in [-0.15, -0.1) is 0 Å². The monoisotopic (exact) mass is 508 g/mol. The van der Waals surface area contributed by atoms with Crippen LogP contribution >= 0.6 is 31.9 Å². The molecular weight excluding hydrogens is 493 g/mol. The Hall–Kier alpha value is -1.67.